The van der Waals surface area contributed by atoms with Crippen molar-refractivity contribution in [2.45, 2.75) is 50.2 Å². The van der Waals surface area contributed by atoms with Gasteiger partial charge in [0.25, 0.3) is 0 Å². The normalized spacial score (nSPS) is 41.4. The van der Waals surface area contributed by atoms with Gasteiger partial charge in [0.1, 0.15) is 18.5 Å². The number of aldehydes is 1. The lowest BCUT2D eigenvalue weighted by Crippen LogP contribution is -2.51. The Bertz CT molecular complexity index is 366. The van der Waals surface area contributed by atoms with Crippen LogP contribution in [0.4, 0.5) is 0 Å². The predicted molar refractivity (Wildman–Crippen MR) is 56.3 cm³/mol. The van der Waals surface area contributed by atoms with Gasteiger partial charge in [0.2, 0.25) is 5.60 Å². The van der Waals surface area contributed by atoms with Gasteiger partial charge in [-0.05, 0) is 13.8 Å². The molecule has 2 aliphatic heterocycles. The summed E-state index contributed by atoms with van der Waals surface area (Å²) in [7, 11) is 1.18. The van der Waals surface area contributed by atoms with E-state index >= 15 is 0 Å². The molecule has 0 amide bonds. The number of hydrogen-bond acceptors (Lipinski definition) is 7. The molecule has 0 radical (unpaired) electrons. The van der Waals surface area contributed by atoms with E-state index in [4.69, 9.17) is 14.2 Å². The Morgan fingerprint density at radius 2 is 2.06 bits per heavy atom. The monoisotopic (exact) mass is 260 g/mol. The molecule has 0 aromatic carbocycles. The number of aliphatic hydroxyl groups excluding tert-OH is 1. The highest BCUT2D eigenvalue weighted by molar-refractivity contribution is 5.84. The fraction of sp³-hybridized carbons (Fsp3) is 0.818. The molecule has 2 heterocycles. The maximum absolute atomic E-state index is 11.9. The van der Waals surface area contributed by atoms with Gasteiger partial charge in [0.15, 0.2) is 12.1 Å². The summed E-state index contributed by atoms with van der Waals surface area (Å²) in [5, 5.41) is 9.79. The third kappa shape index (κ3) is 1.83. The molecule has 2 saturated heterocycles. The zero-order chi connectivity index (χ0) is 13.6. The van der Waals surface area contributed by atoms with E-state index in [0.717, 1.165) is 0 Å². The van der Waals surface area contributed by atoms with Crippen molar-refractivity contribution < 1.29 is 33.6 Å². The molecule has 0 aromatic heterocycles. The van der Waals surface area contributed by atoms with Gasteiger partial charge in [-0.1, -0.05) is 0 Å². The maximum atomic E-state index is 11.9. The quantitative estimate of drug-likeness (QED) is 0.533. The van der Waals surface area contributed by atoms with Gasteiger partial charge < -0.3 is 28.8 Å². The number of aliphatic hydroxyl groups is 1. The smallest absolute Gasteiger partial charge is 0.341 e. The van der Waals surface area contributed by atoms with E-state index in [-0.39, 0.29) is 6.42 Å². The van der Waals surface area contributed by atoms with Crippen LogP contribution in [0.5, 0.6) is 0 Å². The minimum Gasteiger partial charge on any atom is -0.467 e. The fourth-order valence-electron chi connectivity index (χ4n) is 2.42. The third-order valence-electron chi connectivity index (χ3n) is 3.12. The van der Waals surface area contributed by atoms with E-state index in [0.29, 0.717) is 6.29 Å². The number of carbonyl (C=O) groups is 2. The number of fused-ring (bicyclic) bond motifs is 1. The molecule has 2 rings (SSSR count). The highest BCUT2D eigenvalue weighted by Gasteiger charge is 2.66. The van der Waals surface area contributed by atoms with E-state index in [1.54, 1.807) is 13.8 Å². The number of esters is 1. The van der Waals surface area contributed by atoms with Gasteiger partial charge >= 0.3 is 5.97 Å². The molecule has 18 heavy (non-hydrogen) atoms. The summed E-state index contributed by atoms with van der Waals surface area (Å²) in [5.74, 6) is -1.72. The van der Waals surface area contributed by atoms with Crippen LogP contribution in [0.1, 0.15) is 20.3 Å². The first-order chi connectivity index (χ1) is 8.36. The maximum Gasteiger partial charge on any atom is 0.341 e. The number of rotatable bonds is 3. The van der Waals surface area contributed by atoms with Crippen LogP contribution in [0.15, 0.2) is 0 Å². The molecule has 0 unspecified atom stereocenters. The van der Waals surface area contributed by atoms with Crippen molar-refractivity contribution in [1.82, 2.24) is 0 Å². The van der Waals surface area contributed by atoms with Crippen LogP contribution in [-0.2, 0) is 28.5 Å². The van der Waals surface area contributed by atoms with Gasteiger partial charge in [0.05, 0.1) is 7.11 Å². The molecule has 0 aliphatic carbocycles. The second kappa shape index (κ2) is 4.27. The second-order valence-electron chi connectivity index (χ2n) is 4.78. The first-order valence-electron chi connectivity index (χ1n) is 5.60. The molecule has 0 saturated carbocycles. The van der Waals surface area contributed by atoms with Gasteiger partial charge in [-0.15, -0.1) is 0 Å². The zero-order valence-electron chi connectivity index (χ0n) is 10.4. The molecule has 2 aliphatic rings. The highest BCUT2D eigenvalue weighted by Crippen LogP contribution is 2.45. The van der Waals surface area contributed by atoms with Gasteiger partial charge in [-0.2, -0.15) is 0 Å². The van der Waals surface area contributed by atoms with Crippen molar-refractivity contribution in [1.29, 1.82) is 0 Å². The highest BCUT2D eigenvalue weighted by atomic mass is 16.8. The predicted octanol–water partition coefficient (Wildman–Crippen LogP) is -0.644. The van der Waals surface area contributed by atoms with Crippen LogP contribution in [0.3, 0.4) is 0 Å². The summed E-state index contributed by atoms with van der Waals surface area (Å²) < 4.78 is 20.9. The van der Waals surface area contributed by atoms with Crippen molar-refractivity contribution in [3.63, 3.8) is 0 Å². The first-order valence-corrected chi connectivity index (χ1v) is 5.60. The van der Waals surface area contributed by atoms with Crippen LogP contribution >= 0.6 is 0 Å². The van der Waals surface area contributed by atoms with E-state index in [2.05, 4.69) is 4.74 Å². The second-order valence-corrected chi connectivity index (χ2v) is 4.78. The Morgan fingerprint density at radius 3 is 2.61 bits per heavy atom. The number of carbonyl (C=O) groups excluding carboxylic acids is 2. The zero-order valence-corrected chi connectivity index (χ0v) is 10.4. The number of hydrogen-bond donors (Lipinski definition) is 1. The third-order valence-corrected chi connectivity index (χ3v) is 3.12. The Kier molecular flexibility index (Phi) is 3.18. The summed E-state index contributed by atoms with van der Waals surface area (Å²) >= 11 is 0. The summed E-state index contributed by atoms with van der Waals surface area (Å²) in [6, 6.07) is 0. The topological polar surface area (TPSA) is 91.3 Å². The molecular weight excluding hydrogens is 244 g/mol. The minimum absolute atomic E-state index is 0.267. The van der Waals surface area contributed by atoms with Crippen LogP contribution in [-0.4, -0.2) is 54.4 Å². The van der Waals surface area contributed by atoms with E-state index in [9.17, 15) is 14.7 Å². The average Bonchev–Trinajstić information content (AvgIpc) is 2.74. The summed E-state index contributed by atoms with van der Waals surface area (Å²) in [4.78, 5) is 22.6. The van der Waals surface area contributed by atoms with Crippen LogP contribution in [0.2, 0.25) is 0 Å². The number of methoxy groups -OCH3 is 1. The average molecular weight is 260 g/mol. The van der Waals surface area contributed by atoms with Gasteiger partial charge in [0, 0.05) is 6.42 Å². The van der Waals surface area contributed by atoms with Crippen molar-refractivity contribution in [2.75, 3.05) is 7.11 Å². The fourth-order valence-corrected chi connectivity index (χ4v) is 2.42. The molecule has 102 valence electrons. The van der Waals surface area contributed by atoms with Crippen LogP contribution in [0.25, 0.3) is 0 Å². The van der Waals surface area contributed by atoms with E-state index in [1.807, 2.05) is 0 Å². The Morgan fingerprint density at radius 1 is 1.39 bits per heavy atom. The Hall–Kier alpha value is -1.02. The SMILES string of the molecule is COC(=O)[C@@]1(CC=O)O[C@@H](O)[C@@H]2OC(C)(C)O[C@@H]21. The largest absolute Gasteiger partial charge is 0.467 e. The van der Waals surface area contributed by atoms with Crippen molar-refractivity contribution in [3.05, 3.63) is 0 Å². The lowest BCUT2D eigenvalue weighted by atomic mass is 9.92. The molecule has 7 heteroatoms. The molecule has 7 nitrogen and oxygen atoms in total. The first kappa shape index (κ1) is 13.4. The van der Waals surface area contributed by atoms with Crippen LogP contribution in [0, 0.1) is 0 Å². The lowest BCUT2D eigenvalue weighted by molar-refractivity contribution is -0.246. The van der Waals surface area contributed by atoms with Crippen molar-refractivity contribution >= 4 is 12.3 Å². The van der Waals surface area contributed by atoms with Crippen molar-refractivity contribution in [2.24, 2.45) is 0 Å². The summed E-state index contributed by atoms with van der Waals surface area (Å²) in [5.41, 5.74) is -1.64. The van der Waals surface area contributed by atoms with Crippen molar-refractivity contribution in [3.8, 4) is 0 Å². The Labute approximate surface area is 104 Å². The Balaban J connectivity index is 2.36. The summed E-state index contributed by atoms with van der Waals surface area (Å²) in [6.07, 6.45) is -2.77. The molecule has 0 spiro atoms. The molecule has 4 atom stereocenters. The molecule has 0 bridgehead atoms. The van der Waals surface area contributed by atoms with E-state index in [1.165, 1.54) is 7.11 Å². The van der Waals surface area contributed by atoms with Gasteiger partial charge in [-0.3, -0.25) is 0 Å². The lowest BCUT2D eigenvalue weighted by Gasteiger charge is -2.30. The minimum atomic E-state index is -1.64. The number of ether oxygens (including phenoxy) is 4. The standard InChI is InChI=1S/C11H16O7/c1-10(2)16-6-7(17-10)11(4-5-12,9(14)15-3)18-8(6)13/h5-8,13H,4H2,1-3H3/t6-,7+,8-,11+/m1/s1. The molecule has 1 N–H and O–H groups in total. The molecule has 0 aromatic rings. The molecular formula is C11H16O7. The molecule has 2 fully saturated rings. The summed E-state index contributed by atoms with van der Waals surface area (Å²) in [6.45, 7) is 3.31. The van der Waals surface area contributed by atoms with E-state index < -0.39 is 35.9 Å². The van der Waals surface area contributed by atoms with Gasteiger partial charge in [-0.25, -0.2) is 4.79 Å². The van der Waals surface area contributed by atoms with Crippen LogP contribution < -0.4 is 0 Å².